The SMILES string of the molecule is CCCCCCC(=O)Nc1sc2c(c1C(=O)OCCC)CCCC2. The van der Waals surface area contributed by atoms with Gasteiger partial charge in [0.25, 0.3) is 0 Å². The molecule has 1 N–H and O–H groups in total. The third-order valence-electron chi connectivity index (χ3n) is 4.32. The van der Waals surface area contributed by atoms with Gasteiger partial charge in [-0.3, -0.25) is 4.79 Å². The van der Waals surface area contributed by atoms with E-state index in [1.807, 2.05) is 6.92 Å². The van der Waals surface area contributed by atoms with E-state index >= 15 is 0 Å². The number of amides is 1. The molecule has 134 valence electrons. The molecule has 1 aromatic heterocycles. The summed E-state index contributed by atoms with van der Waals surface area (Å²) in [5.41, 5.74) is 1.72. The van der Waals surface area contributed by atoms with Crippen LogP contribution in [0.5, 0.6) is 0 Å². The van der Waals surface area contributed by atoms with Crippen LogP contribution in [0.2, 0.25) is 0 Å². The van der Waals surface area contributed by atoms with Gasteiger partial charge in [0.1, 0.15) is 5.00 Å². The van der Waals surface area contributed by atoms with Gasteiger partial charge in [0.15, 0.2) is 0 Å². The molecule has 0 unspecified atom stereocenters. The number of nitrogens with one attached hydrogen (secondary N) is 1. The molecule has 1 aromatic rings. The first-order valence-electron chi connectivity index (χ1n) is 9.28. The molecule has 0 aromatic carbocycles. The number of thiophene rings is 1. The largest absolute Gasteiger partial charge is 0.462 e. The minimum Gasteiger partial charge on any atom is -0.462 e. The van der Waals surface area contributed by atoms with Gasteiger partial charge in [-0.15, -0.1) is 11.3 Å². The predicted octanol–water partition coefficient (Wildman–Crippen LogP) is 5.10. The Bertz CT molecular complexity index is 565. The summed E-state index contributed by atoms with van der Waals surface area (Å²) in [7, 11) is 0. The van der Waals surface area contributed by atoms with Crippen LogP contribution in [0.3, 0.4) is 0 Å². The Morgan fingerprint density at radius 1 is 1.08 bits per heavy atom. The molecule has 4 nitrogen and oxygen atoms in total. The van der Waals surface area contributed by atoms with Crippen molar-refractivity contribution >= 4 is 28.2 Å². The third kappa shape index (κ3) is 5.07. The number of hydrogen-bond acceptors (Lipinski definition) is 4. The maximum absolute atomic E-state index is 12.5. The second-order valence-corrected chi connectivity index (χ2v) is 7.51. The van der Waals surface area contributed by atoms with E-state index in [9.17, 15) is 9.59 Å². The van der Waals surface area contributed by atoms with Gasteiger partial charge in [-0.25, -0.2) is 4.79 Å². The molecular formula is C19H29NO3S. The van der Waals surface area contributed by atoms with Gasteiger partial charge >= 0.3 is 5.97 Å². The standard InChI is InChI=1S/C19H29NO3S/c1-3-5-6-7-12-16(21)20-18-17(19(22)23-13-4-2)14-10-8-9-11-15(14)24-18/h3-13H2,1-2H3,(H,20,21). The fraction of sp³-hybridized carbons (Fsp3) is 0.684. The van der Waals surface area contributed by atoms with E-state index in [1.54, 1.807) is 11.3 Å². The van der Waals surface area contributed by atoms with Gasteiger partial charge in [-0.05, 0) is 44.1 Å². The number of fused-ring (bicyclic) bond motifs is 1. The van der Waals surface area contributed by atoms with Crippen molar-refractivity contribution in [2.75, 3.05) is 11.9 Å². The maximum atomic E-state index is 12.5. The van der Waals surface area contributed by atoms with Crippen LogP contribution in [0.1, 0.15) is 86.0 Å². The highest BCUT2D eigenvalue weighted by Gasteiger charge is 2.27. The Morgan fingerprint density at radius 2 is 1.88 bits per heavy atom. The van der Waals surface area contributed by atoms with Gasteiger partial charge < -0.3 is 10.1 Å². The number of unbranched alkanes of at least 4 members (excludes halogenated alkanes) is 3. The van der Waals surface area contributed by atoms with Crippen LogP contribution in [0, 0.1) is 0 Å². The Hall–Kier alpha value is -1.36. The average Bonchev–Trinajstić information content (AvgIpc) is 2.94. The first-order chi connectivity index (χ1) is 11.7. The fourth-order valence-corrected chi connectivity index (χ4v) is 4.33. The number of rotatable bonds is 9. The maximum Gasteiger partial charge on any atom is 0.341 e. The Kier molecular flexibility index (Phi) is 7.76. The normalized spacial score (nSPS) is 13.4. The van der Waals surface area contributed by atoms with E-state index in [0.29, 0.717) is 23.6 Å². The van der Waals surface area contributed by atoms with Crippen molar-refractivity contribution in [1.29, 1.82) is 0 Å². The van der Waals surface area contributed by atoms with E-state index in [4.69, 9.17) is 4.74 Å². The molecular weight excluding hydrogens is 322 g/mol. The summed E-state index contributed by atoms with van der Waals surface area (Å²) in [6, 6.07) is 0. The zero-order valence-corrected chi connectivity index (χ0v) is 15.7. The summed E-state index contributed by atoms with van der Waals surface area (Å²) < 4.78 is 5.35. The van der Waals surface area contributed by atoms with Crippen molar-refractivity contribution in [3.63, 3.8) is 0 Å². The first-order valence-corrected chi connectivity index (χ1v) is 10.1. The summed E-state index contributed by atoms with van der Waals surface area (Å²) in [5, 5.41) is 3.68. The van der Waals surface area contributed by atoms with Crippen molar-refractivity contribution in [2.45, 2.75) is 78.1 Å². The highest BCUT2D eigenvalue weighted by molar-refractivity contribution is 7.17. The lowest BCUT2D eigenvalue weighted by molar-refractivity contribution is -0.116. The summed E-state index contributed by atoms with van der Waals surface area (Å²) in [6.07, 6.45) is 9.79. The average molecular weight is 352 g/mol. The molecule has 1 heterocycles. The summed E-state index contributed by atoms with van der Waals surface area (Å²) >= 11 is 1.56. The number of hydrogen-bond donors (Lipinski definition) is 1. The molecule has 5 heteroatoms. The molecule has 1 aliphatic rings. The minimum atomic E-state index is -0.280. The first kappa shape index (κ1) is 19.0. The molecule has 0 atom stereocenters. The molecule has 1 aliphatic carbocycles. The highest BCUT2D eigenvalue weighted by atomic mass is 32.1. The van der Waals surface area contributed by atoms with E-state index < -0.39 is 0 Å². The van der Waals surface area contributed by atoms with Crippen LogP contribution >= 0.6 is 11.3 Å². The minimum absolute atomic E-state index is 0.00856. The molecule has 0 spiro atoms. The molecule has 1 amide bonds. The lowest BCUT2D eigenvalue weighted by Crippen LogP contribution is -2.15. The van der Waals surface area contributed by atoms with Gasteiger partial charge in [0.05, 0.1) is 12.2 Å². The van der Waals surface area contributed by atoms with Crippen molar-refractivity contribution < 1.29 is 14.3 Å². The molecule has 0 radical (unpaired) electrons. The summed E-state index contributed by atoms with van der Waals surface area (Å²) in [5.74, 6) is -0.272. The zero-order chi connectivity index (χ0) is 17.4. The van der Waals surface area contributed by atoms with Crippen molar-refractivity contribution in [3.05, 3.63) is 16.0 Å². The number of esters is 1. The van der Waals surface area contributed by atoms with E-state index in [2.05, 4.69) is 12.2 Å². The smallest absolute Gasteiger partial charge is 0.341 e. The van der Waals surface area contributed by atoms with Gasteiger partial charge in [-0.1, -0.05) is 33.1 Å². The molecule has 2 rings (SSSR count). The fourth-order valence-electron chi connectivity index (χ4n) is 3.04. The number of carbonyl (C=O) groups excluding carboxylic acids is 2. The molecule has 24 heavy (non-hydrogen) atoms. The van der Waals surface area contributed by atoms with Crippen LogP contribution in [0.4, 0.5) is 5.00 Å². The molecule has 0 fully saturated rings. The van der Waals surface area contributed by atoms with E-state index in [-0.39, 0.29) is 11.9 Å². The van der Waals surface area contributed by atoms with Crippen LogP contribution in [0.15, 0.2) is 0 Å². The van der Waals surface area contributed by atoms with Gasteiger partial charge in [0.2, 0.25) is 5.91 Å². The Balaban J connectivity index is 2.08. The number of aryl methyl sites for hydroxylation is 1. The van der Waals surface area contributed by atoms with Crippen LogP contribution in [0.25, 0.3) is 0 Å². The number of ether oxygens (including phenoxy) is 1. The topological polar surface area (TPSA) is 55.4 Å². The predicted molar refractivity (Wildman–Crippen MR) is 98.9 cm³/mol. The molecule has 0 aliphatic heterocycles. The molecule has 0 bridgehead atoms. The monoisotopic (exact) mass is 351 g/mol. The van der Waals surface area contributed by atoms with Gasteiger partial charge in [-0.2, -0.15) is 0 Å². The number of anilines is 1. The lowest BCUT2D eigenvalue weighted by atomic mass is 9.95. The van der Waals surface area contributed by atoms with Crippen LogP contribution in [-0.4, -0.2) is 18.5 Å². The van der Waals surface area contributed by atoms with Gasteiger partial charge in [0, 0.05) is 11.3 Å². The summed E-state index contributed by atoms with van der Waals surface area (Å²) in [4.78, 5) is 25.9. The number of carbonyl (C=O) groups is 2. The summed E-state index contributed by atoms with van der Waals surface area (Å²) in [6.45, 7) is 4.56. The van der Waals surface area contributed by atoms with Crippen LogP contribution in [-0.2, 0) is 22.4 Å². The second-order valence-electron chi connectivity index (χ2n) is 6.41. The third-order valence-corrected chi connectivity index (χ3v) is 5.53. The highest BCUT2D eigenvalue weighted by Crippen LogP contribution is 2.38. The molecule has 0 saturated carbocycles. The Labute approximate surface area is 149 Å². The van der Waals surface area contributed by atoms with Crippen molar-refractivity contribution in [1.82, 2.24) is 0 Å². The quantitative estimate of drug-likeness (QED) is 0.497. The second kappa shape index (κ2) is 9.82. The van der Waals surface area contributed by atoms with Crippen molar-refractivity contribution in [2.24, 2.45) is 0 Å². The molecule has 0 saturated heterocycles. The van der Waals surface area contributed by atoms with E-state index in [1.165, 1.54) is 4.88 Å². The van der Waals surface area contributed by atoms with Crippen molar-refractivity contribution in [3.8, 4) is 0 Å². The van der Waals surface area contributed by atoms with Crippen LogP contribution < -0.4 is 5.32 Å². The zero-order valence-electron chi connectivity index (χ0n) is 14.9. The Morgan fingerprint density at radius 3 is 2.62 bits per heavy atom. The lowest BCUT2D eigenvalue weighted by Gasteiger charge is -2.12. The van der Waals surface area contributed by atoms with E-state index in [0.717, 1.165) is 63.4 Å².